The van der Waals surface area contributed by atoms with E-state index in [0.29, 0.717) is 10.8 Å². The molecule has 0 bridgehead atoms. The van der Waals surface area contributed by atoms with Crippen molar-refractivity contribution in [3.05, 3.63) is 41.7 Å². The van der Waals surface area contributed by atoms with Crippen molar-refractivity contribution in [3.63, 3.8) is 0 Å². The van der Waals surface area contributed by atoms with Gasteiger partial charge in [0.15, 0.2) is 5.16 Å². The summed E-state index contributed by atoms with van der Waals surface area (Å²) in [5, 5.41) is 3.28. The highest BCUT2D eigenvalue weighted by atomic mass is 32.2. The summed E-state index contributed by atoms with van der Waals surface area (Å²) < 4.78 is 25.1. The highest BCUT2D eigenvalue weighted by molar-refractivity contribution is 7.99. The van der Waals surface area contributed by atoms with Crippen LogP contribution in [0.25, 0.3) is 0 Å². The third-order valence-corrected chi connectivity index (χ3v) is 5.89. The number of carbonyl (C=O) groups is 1. The van der Waals surface area contributed by atoms with E-state index in [4.69, 9.17) is 0 Å². The zero-order chi connectivity index (χ0) is 18.6. The molecule has 1 amide bonds. The molecule has 1 aromatic heterocycles. The van der Waals surface area contributed by atoms with Crippen LogP contribution < -0.4 is 5.32 Å². The Morgan fingerprint density at radius 2 is 1.68 bits per heavy atom. The molecule has 0 radical (unpaired) electrons. The monoisotopic (exact) mass is 380 g/mol. The largest absolute Gasteiger partial charge is 0.325 e. The fourth-order valence-electron chi connectivity index (χ4n) is 2.01. The van der Waals surface area contributed by atoms with Crippen molar-refractivity contribution in [2.75, 3.05) is 25.2 Å². The maximum atomic E-state index is 12.0. The highest BCUT2D eigenvalue weighted by Gasteiger charge is 2.16. The fourth-order valence-corrected chi connectivity index (χ4v) is 3.66. The van der Waals surface area contributed by atoms with Crippen molar-refractivity contribution in [2.24, 2.45) is 0 Å². The molecule has 1 aromatic carbocycles. The number of amides is 1. The van der Waals surface area contributed by atoms with Gasteiger partial charge in [-0.05, 0) is 44.2 Å². The Hall–Kier alpha value is -1.97. The van der Waals surface area contributed by atoms with Gasteiger partial charge in [-0.1, -0.05) is 11.8 Å². The Morgan fingerprint density at radius 3 is 2.20 bits per heavy atom. The summed E-state index contributed by atoms with van der Waals surface area (Å²) in [4.78, 5) is 20.7. The van der Waals surface area contributed by atoms with Crippen LogP contribution in [-0.4, -0.2) is 48.4 Å². The number of sulfonamides is 1. The van der Waals surface area contributed by atoms with E-state index in [1.54, 1.807) is 12.1 Å². The lowest BCUT2D eigenvalue weighted by Gasteiger charge is -2.12. The average molecular weight is 380 g/mol. The molecule has 0 spiro atoms. The van der Waals surface area contributed by atoms with E-state index in [0.717, 1.165) is 15.7 Å². The van der Waals surface area contributed by atoms with Gasteiger partial charge in [-0.3, -0.25) is 4.79 Å². The van der Waals surface area contributed by atoms with E-state index in [1.165, 1.54) is 38.0 Å². The van der Waals surface area contributed by atoms with Crippen LogP contribution in [-0.2, 0) is 14.8 Å². The summed E-state index contributed by atoms with van der Waals surface area (Å²) in [6.07, 6.45) is 0. The number of nitrogens with zero attached hydrogens (tertiary/aromatic N) is 3. The second kappa shape index (κ2) is 7.94. The van der Waals surface area contributed by atoms with Gasteiger partial charge in [0.2, 0.25) is 15.9 Å². The molecule has 1 N–H and O–H groups in total. The molecule has 2 aromatic rings. The van der Waals surface area contributed by atoms with E-state index >= 15 is 0 Å². The Bertz CT molecular complexity index is 845. The molecular formula is C16H20N4O3S2. The molecule has 1 heterocycles. The van der Waals surface area contributed by atoms with E-state index in [-0.39, 0.29) is 16.6 Å². The van der Waals surface area contributed by atoms with Gasteiger partial charge < -0.3 is 5.32 Å². The van der Waals surface area contributed by atoms with E-state index in [9.17, 15) is 13.2 Å². The number of rotatable bonds is 6. The average Bonchev–Trinajstić information content (AvgIpc) is 2.52. The van der Waals surface area contributed by atoms with Gasteiger partial charge in [-0.25, -0.2) is 22.7 Å². The Morgan fingerprint density at radius 1 is 1.12 bits per heavy atom. The lowest BCUT2D eigenvalue weighted by atomic mass is 10.3. The Labute approximate surface area is 151 Å². The molecule has 0 aliphatic carbocycles. The quantitative estimate of drug-likeness (QED) is 0.609. The van der Waals surface area contributed by atoms with Crippen LogP contribution in [0.1, 0.15) is 11.4 Å². The number of aromatic nitrogens is 2. The van der Waals surface area contributed by atoms with Gasteiger partial charge in [-0.2, -0.15) is 0 Å². The van der Waals surface area contributed by atoms with Crippen molar-refractivity contribution in [1.82, 2.24) is 14.3 Å². The van der Waals surface area contributed by atoms with Crippen molar-refractivity contribution in [3.8, 4) is 0 Å². The van der Waals surface area contributed by atoms with Crippen LogP contribution in [0.5, 0.6) is 0 Å². The van der Waals surface area contributed by atoms with Gasteiger partial charge in [-0.15, -0.1) is 0 Å². The first-order valence-electron chi connectivity index (χ1n) is 7.46. The zero-order valence-electron chi connectivity index (χ0n) is 14.5. The minimum Gasteiger partial charge on any atom is -0.325 e. The standard InChI is InChI=1S/C16H20N4O3S2/c1-11-9-12(2)18-16(17-11)24-10-15(21)19-13-5-7-14(8-6-13)25(22,23)20(3)4/h5-9H,10H2,1-4H3,(H,19,21). The number of hydrogen-bond acceptors (Lipinski definition) is 6. The molecule has 2 rings (SSSR count). The summed E-state index contributed by atoms with van der Waals surface area (Å²) >= 11 is 1.25. The first kappa shape index (κ1) is 19.4. The van der Waals surface area contributed by atoms with Crippen LogP contribution in [0, 0.1) is 13.8 Å². The molecule has 134 valence electrons. The molecule has 25 heavy (non-hydrogen) atoms. The van der Waals surface area contributed by atoms with Crippen LogP contribution in [0.15, 0.2) is 40.4 Å². The lowest BCUT2D eigenvalue weighted by Crippen LogP contribution is -2.22. The zero-order valence-corrected chi connectivity index (χ0v) is 16.1. The summed E-state index contributed by atoms with van der Waals surface area (Å²) in [6, 6.07) is 7.92. The number of anilines is 1. The van der Waals surface area contributed by atoms with Crippen molar-refractivity contribution >= 4 is 33.4 Å². The maximum absolute atomic E-state index is 12.0. The molecule has 0 saturated carbocycles. The van der Waals surface area contributed by atoms with Gasteiger partial charge in [0.25, 0.3) is 0 Å². The van der Waals surface area contributed by atoms with Crippen molar-refractivity contribution in [1.29, 1.82) is 0 Å². The second-order valence-electron chi connectivity index (χ2n) is 5.58. The van der Waals surface area contributed by atoms with Gasteiger partial charge in [0, 0.05) is 31.2 Å². The number of aryl methyl sites for hydroxylation is 2. The summed E-state index contributed by atoms with van der Waals surface area (Å²) in [7, 11) is -0.537. The molecule has 0 aliphatic heterocycles. The first-order chi connectivity index (χ1) is 11.7. The van der Waals surface area contributed by atoms with E-state index in [1.807, 2.05) is 19.9 Å². The minimum absolute atomic E-state index is 0.167. The van der Waals surface area contributed by atoms with E-state index < -0.39 is 10.0 Å². The third-order valence-electron chi connectivity index (χ3n) is 3.21. The van der Waals surface area contributed by atoms with Crippen LogP contribution in [0.2, 0.25) is 0 Å². The van der Waals surface area contributed by atoms with Gasteiger partial charge in [0.05, 0.1) is 10.6 Å². The van der Waals surface area contributed by atoms with Crippen LogP contribution in [0.3, 0.4) is 0 Å². The molecule has 9 heteroatoms. The van der Waals surface area contributed by atoms with Gasteiger partial charge in [0.1, 0.15) is 0 Å². The lowest BCUT2D eigenvalue weighted by molar-refractivity contribution is -0.113. The molecular weight excluding hydrogens is 360 g/mol. The number of hydrogen-bond donors (Lipinski definition) is 1. The SMILES string of the molecule is Cc1cc(C)nc(SCC(=O)Nc2ccc(S(=O)(=O)N(C)C)cc2)n1. The molecule has 0 fully saturated rings. The molecule has 0 aliphatic rings. The van der Waals surface area contributed by atoms with Crippen LogP contribution >= 0.6 is 11.8 Å². The van der Waals surface area contributed by atoms with Gasteiger partial charge >= 0.3 is 0 Å². The smallest absolute Gasteiger partial charge is 0.242 e. The highest BCUT2D eigenvalue weighted by Crippen LogP contribution is 2.18. The van der Waals surface area contributed by atoms with E-state index in [2.05, 4.69) is 15.3 Å². The molecule has 0 saturated heterocycles. The maximum Gasteiger partial charge on any atom is 0.242 e. The van der Waals surface area contributed by atoms with Crippen LogP contribution in [0.4, 0.5) is 5.69 Å². The Balaban J connectivity index is 1.97. The molecule has 0 atom stereocenters. The van der Waals surface area contributed by atoms with Crippen molar-refractivity contribution in [2.45, 2.75) is 23.9 Å². The predicted octanol–water partition coefficient (Wildman–Crippen LogP) is 2.07. The normalized spacial score (nSPS) is 11.6. The minimum atomic E-state index is -3.48. The number of carbonyl (C=O) groups excluding carboxylic acids is 1. The topological polar surface area (TPSA) is 92.3 Å². The first-order valence-corrected chi connectivity index (χ1v) is 9.88. The summed E-state index contributed by atoms with van der Waals surface area (Å²) in [5.41, 5.74) is 2.24. The molecule has 7 nitrogen and oxygen atoms in total. The summed E-state index contributed by atoms with van der Waals surface area (Å²) in [6.45, 7) is 3.75. The number of nitrogens with one attached hydrogen (secondary N) is 1. The third kappa shape index (κ3) is 5.25. The number of thioether (sulfide) groups is 1. The fraction of sp³-hybridized carbons (Fsp3) is 0.312. The molecule has 0 unspecified atom stereocenters. The number of benzene rings is 1. The second-order valence-corrected chi connectivity index (χ2v) is 8.68. The predicted molar refractivity (Wildman–Crippen MR) is 98.2 cm³/mol. The Kier molecular flexibility index (Phi) is 6.15. The van der Waals surface area contributed by atoms with Crippen molar-refractivity contribution < 1.29 is 13.2 Å². The summed E-state index contributed by atoms with van der Waals surface area (Å²) in [5.74, 6) is -0.0448.